The average molecular weight is 272 g/mol. The molecular weight excluding hydrogens is 252 g/mol. The van der Waals surface area contributed by atoms with Crippen molar-refractivity contribution >= 4 is 5.97 Å². The summed E-state index contributed by atoms with van der Waals surface area (Å²) >= 11 is 0. The minimum absolute atomic E-state index is 0.0975. The second-order valence-corrected chi connectivity index (χ2v) is 4.65. The van der Waals surface area contributed by atoms with Crippen LogP contribution in [0.1, 0.15) is 31.7 Å². The van der Waals surface area contributed by atoms with Gasteiger partial charge in [0.05, 0.1) is 12.9 Å². The van der Waals surface area contributed by atoms with Crippen LogP contribution >= 0.6 is 0 Å². The molecule has 0 bridgehead atoms. The third kappa shape index (κ3) is 4.23. The summed E-state index contributed by atoms with van der Waals surface area (Å²) in [5.74, 6) is -0.0975. The molecule has 0 unspecified atom stereocenters. The second-order valence-electron chi connectivity index (χ2n) is 4.65. The summed E-state index contributed by atoms with van der Waals surface area (Å²) in [6.07, 6.45) is 8.84. The van der Waals surface area contributed by atoms with Crippen LogP contribution in [0.25, 0.3) is 5.69 Å². The molecule has 0 spiro atoms. The Bertz CT molecular complexity index is 535. The standard InChI is InChI=1S/C16H20N2O2/c1-2-20-16(19)9-4-3-6-14-7-5-8-15(12-14)18-11-10-17-13-18/h5,7-8,10-13H,2-4,6,9H2,1H3. The van der Waals surface area contributed by atoms with Crippen molar-refractivity contribution in [2.75, 3.05) is 6.61 Å². The molecular formula is C16H20N2O2. The number of esters is 1. The van der Waals surface area contributed by atoms with Crippen molar-refractivity contribution in [1.29, 1.82) is 0 Å². The maximum Gasteiger partial charge on any atom is 0.305 e. The number of nitrogens with zero attached hydrogens (tertiary/aromatic N) is 2. The number of rotatable bonds is 7. The highest BCUT2D eigenvalue weighted by molar-refractivity contribution is 5.69. The van der Waals surface area contributed by atoms with E-state index < -0.39 is 0 Å². The molecule has 0 saturated heterocycles. The summed E-state index contributed by atoms with van der Waals surface area (Å²) in [6, 6.07) is 8.39. The molecule has 2 aromatic rings. The molecule has 2 rings (SSSR count). The van der Waals surface area contributed by atoms with Gasteiger partial charge < -0.3 is 9.30 Å². The van der Waals surface area contributed by atoms with E-state index in [1.165, 1.54) is 5.56 Å². The van der Waals surface area contributed by atoms with Crippen molar-refractivity contribution in [3.05, 3.63) is 48.5 Å². The van der Waals surface area contributed by atoms with Crippen molar-refractivity contribution < 1.29 is 9.53 Å². The first-order valence-electron chi connectivity index (χ1n) is 7.02. The number of hydrogen-bond donors (Lipinski definition) is 0. The first-order valence-corrected chi connectivity index (χ1v) is 7.02. The highest BCUT2D eigenvalue weighted by atomic mass is 16.5. The molecule has 0 aliphatic heterocycles. The van der Waals surface area contributed by atoms with Crippen molar-refractivity contribution in [1.82, 2.24) is 9.55 Å². The van der Waals surface area contributed by atoms with Crippen molar-refractivity contribution in [3.8, 4) is 5.69 Å². The number of ether oxygens (including phenoxy) is 1. The molecule has 1 heterocycles. The number of unbranched alkanes of at least 4 members (excludes halogenated alkanes) is 1. The van der Waals surface area contributed by atoms with Crippen LogP contribution in [-0.4, -0.2) is 22.1 Å². The second kappa shape index (κ2) is 7.48. The van der Waals surface area contributed by atoms with Crippen LogP contribution in [0.5, 0.6) is 0 Å². The van der Waals surface area contributed by atoms with Crippen LogP contribution in [0.15, 0.2) is 43.0 Å². The lowest BCUT2D eigenvalue weighted by molar-refractivity contribution is -0.143. The van der Waals surface area contributed by atoms with E-state index in [9.17, 15) is 4.79 Å². The fraction of sp³-hybridized carbons (Fsp3) is 0.375. The van der Waals surface area contributed by atoms with Gasteiger partial charge in [-0.15, -0.1) is 0 Å². The van der Waals surface area contributed by atoms with Gasteiger partial charge in [0.25, 0.3) is 0 Å². The van der Waals surface area contributed by atoms with Crippen molar-refractivity contribution in [2.45, 2.75) is 32.6 Å². The van der Waals surface area contributed by atoms with Gasteiger partial charge in [-0.1, -0.05) is 12.1 Å². The van der Waals surface area contributed by atoms with Gasteiger partial charge >= 0.3 is 5.97 Å². The summed E-state index contributed by atoms with van der Waals surface area (Å²) in [5, 5.41) is 0. The number of carbonyl (C=O) groups excluding carboxylic acids is 1. The molecule has 1 aromatic carbocycles. The Hall–Kier alpha value is -2.10. The molecule has 20 heavy (non-hydrogen) atoms. The van der Waals surface area contributed by atoms with Gasteiger partial charge in [0.2, 0.25) is 0 Å². The van der Waals surface area contributed by atoms with E-state index in [-0.39, 0.29) is 5.97 Å². The summed E-state index contributed by atoms with van der Waals surface area (Å²) in [6.45, 7) is 2.30. The average Bonchev–Trinajstić information content (AvgIpc) is 2.98. The summed E-state index contributed by atoms with van der Waals surface area (Å²) < 4.78 is 6.90. The number of hydrogen-bond acceptors (Lipinski definition) is 3. The molecule has 4 heteroatoms. The van der Waals surface area contributed by atoms with Gasteiger partial charge in [-0.3, -0.25) is 4.79 Å². The Labute approximate surface area is 119 Å². The van der Waals surface area contributed by atoms with Gasteiger partial charge in [-0.05, 0) is 43.9 Å². The largest absolute Gasteiger partial charge is 0.466 e. The molecule has 0 fully saturated rings. The molecule has 0 N–H and O–H groups in total. The van der Waals surface area contributed by atoms with Gasteiger partial charge in [-0.2, -0.15) is 0 Å². The minimum atomic E-state index is -0.0975. The van der Waals surface area contributed by atoms with E-state index in [2.05, 4.69) is 29.2 Å². The first kappa shape index (κ1) is 14.3. The normalized spacial score (nSPS) is 10.4. The quantitative estimate of drug-likeness (QED) is 0.574. The van der Waals surface area contributed by atoms with E-state index >= 15 is 0 Å². The lowest BCUT2D eigenvalue weighted by Gasteiger charge is -2.06. The zero-order chi connectivity index (χ0) is 14.2. The van der Waals surface area contributed by atoms with Gasteiger partial charge in [0, 0.05) is 24.5 Å². The zero-order valence-electron chi connectivity index (χ0n) is 11.8. The topological polar surface area (TPSA) is 44.1 Å². The predicted molar refractivity (Wildman–Crippen MR) is 77.8 cm³/mol. The Balaban J connectivity index is 1.82. The van der Waals surface area contributed by atoms with E-state index in [1.807, 2.05) is 17.7 Å². The lowest BCUT2D eigenvalue weighted by atomic mass is 10.1. The van der Waals surface area contributed by atoms with Crippen molar-refractivity contribution in [2.24, 2.45) is 0 Å². The zero-order valence-corrected chi connectivity index (χ0v) is 11.8. The summed E-state index contributed by atoms with van der Waals surface area (Å²) in [7, 11) is 0. The number of carbonyl (C=O) groups is 1. The Morgan fingerprint density at radius 2 is 2.25 bits per heavy atom. The summed E-state index contributed by atoms with van der Waals surface area (Å²) in [4.78, 5) is 15.3. The smallest absolute Gasteiger partial charge is 0.305 e. The number of benzene rings is 1. The molecule has 0 aliphatic carbocycles. The van der Waals surface area contributed by atoms with Crippen LogP contribution < -0.4 is 0 Å². The van der Waals surface area contributed by atoms with Gasteiger partial charge in [0.1, 0.15) is 0 Å². The molecule has 0 radical (unpaired) electrons. The molecule has 0 aliphatic rings. The number of aryl methyl sites for hydroxylation is 1. The molecule has 0 saturated carbocycles. The third-order valence-corrected chi connectivity index (χ3v) is 3.11. The van der Waals surface area contributed by atoms with Crippen LogP contribution in [-0.2, 0) is 16.0 Å². The van der Waals surface area contributed by atoms with Crippen LogP contribution in [0.2, 0.25) is 0 Å². The predicted octanol–water partition coefficient (Wildman–Crippen LogP) is 3.15. The fourth-order valence-electron chi connectivity index (χ4n) is 2.12. The highest BCUT2D eigenvalue weighted by Gasteiger charge is 2.02. The third-order valence-electron chi connectivity index (χ3n) is 3.11. The number of aromatic nitrogens is 2. The van der Waals surface area contributed by atoms with E-state index in [0.29, 0.717) is 13.0 Å². The van der Waals surface area contributed by atoms with Crippen molar-refractivity contribution in [3.63, 3.8) is 0 Å². The monoisotopic (exact) mass is 272 g/mol. The SMILES string of the molecule is CCOC(=O)CCCCc1cccc(-n2ccnc2)c1. The first-order chi connectivity index (χ1) is 9.79. The van der Waals surface area contributed by atoms with Crippen LogP contribution in [0.4, 0.5) is 0 Å². The van der Waals surface area contributed by atoms with Crippen LogP contribution in [0.3, 0.4) is 0 Å². The maximum absolute atomic E-state index is 11.2. The molecule has 4 nitrogen and oxygen atoms in total. The Kier molecular flexibility index (Phi) is 5.35. The Morgan fingerprint density at radius 1 is 1.35 bits per heavy atom. The Morgan fingerprint density at radius 3 is 3.00 bits per heavy atom. The fourth-order valence-corrected chi connectivity index (χ4v) is 2.12. The van der Waals surface area contributed by atoms with Gasteiger partial charge in [-0.25, -0.2) is 4.98 Å². The minimum Gasteiger partial charge on any atom is -0.466 e. The molecule has 106 valence electrons. The molecule has 1 aromatic heterocycles. The maximum atomic E-state index is 11.2. The number of imidazole rings is 1. The van der Waals surface area contributed by atoms with E-state index in [1.54, 1.807) is 12.5 Å². The van der Waals surface area contributed by atoms with E-state index in [0.717, 1.165) is 24.9 Å². The van der Waals surface area contributed by atoms with Gasteiger partial charge in [0.15, 0.2) is 0 Å². The molecule has 0 atom stereocenters. The molecule has 0 amide bonds. The lowest BCUT2D eigenvalue weighted by Crippen LogP contribution is -2.03. The highest BCUT2D eigenvalue weighted by Crippen LogP contribution is 2.13. The van der Waals surface area contributed by atoms with Crippen LogP contribution in [0, 0.1) is 0 Å². The van der Waals surface area contributed by atoms with E-state index in [4.69, 9.17) is 4.74 Å². The summed E-state index contributed by atoms with van der Waals surface area (Å²) in [5.41, 5.74) is 2.39.